The molecule has 2 unspecified atom stereocenters. The summed E-state index contributed by atoms with van der Waals surface area (Å²) in [7, 11) is 3.84. The molecule has 0 saturated carbocycles. The van der Waals surface area contributed by atoms with Crippen LogP contribution in [0.4, 0.5) is 0 Å². The minimum Gasteiger partial charge on any atom is -0.378 e. The van der Waals surface area contributed by atoms with Gasteiger partial charge in [-0.3, -0.25) is 0 Å². The van der Waals surface area contributed by atoms with Crippen LogP contribution in [0.2, 0.25) is 0 Å². The fraction of sp³-hybridized carbons (Fsp3) is 1.00. The minimum absolute atomic E-state index is 0.255. The third-order valence-electron chi connectivity index (χ3n) is 2.42. The van der Waals surface area contributed by atoms with E-state index >= 15 is 0 Å². The molecule has 0 amide bonds. The number of ether oxygens (including phenoxy) is 1. The van der Waals surface area contributed by atoms with Crippen LogP contribution in [0.3, 0.4) is 0 Å². The number of hydrogen-bond acceptors (Lipinski definition) is 3. The van der Waals surface area contributed by atoms with E-state index in [0.29, 0.717) is 12.1 Å². The molecule has 1 N–H and O–H groups in total. The number of hydrazine groups is 1. The monoisotopic (exact) mass is 172 g/mol. The first-order valence-electron chi connectivity index (χ1n) is 4.45. The van der Waals surface area contributed by atoms with Gasteiger partial charge in [0.25, 0.3) is 0 Å². The van der Waals surface area contributed by atoms with Crippen molar-refractivity contribution in [3.63, 3.8) is 0 Å². The van der Waals surface area contributed by atoms with Gasteiger partial charge in [0, 0.05) is 20.7 Å². The first-order valence-corrected chi connectivity index (χ1v) is 4.45. The molecule has 0 radical (unpaired) electrons. The van der Waals surface area contributed by atoms with Gasteiger partial charge in [-0.15, -0.1) is 0 Å². The van der Waals surface area contributed by atoms with Crippen LogP contribution < -0.4 is 5.43 Å². The van der Waals surface area contributed by atoms with Crippen LogP contribution >= 0.6 is 0 Å². The van der Waals surface area contributed by atoms with Gasteiger partial charge in [-0.1, -0.05) is 20.8 Å². The Labute approximate surface area is 75.0 Å². The maximum absolute atomic E-state index is 5.42. The molecule has 0 spiro atoms. The minimum atomic E-state index is 0.255. The number of rotatable bonds is 1. The highest BCUT2D eigenvalue weighted by molar-refractivity contribution is 4.92. The summed E-state index contributed by atoms with van der Waals surface area (Å²) in [4.78, 5) is 0. The Bertz CT molecular complexity index is 153. The van der Waals surface area contributed by atoms with Gasteiger partial charge < -0.3 is 4.74 Å². The Balaban J connectivity index is 2.64. The van der Waals surface area contributed by atoms with Crippen LogP contribution in [0.15, 0.2) is 0 Å². The number of methoxy groups -OCH3 is 1. The zero-order valence-electron chi connectivity index (χ0n) is 8.72. The third-order valence-corrected chi connectivity index (χ3v) is 2.42. The fourth-order valence-corrected chi connectivity index (χ4v) is 1.71. The van der Waals surface area contributed by atoms with Crippen molar-refractivity contribution in [2.24, 2.45) is 5.41 Å². The van der Waals surface area contributed by atoms with Gasteiger partial charge in [0.2, 0.25) is 0 Å². The molecule has 1 saturated heterocycles. The maximum Gasteiger partial charge on any atom is 0.0883 e. The summed E-state index contributed by atoms with van der Waals surface area (Å²) in [5.41, 5.74) is 3.66. The van der Waals surface area contributed by atoms with Gasteiger partial charge in [0.05, 0.1) is 12.1 Å². The molecule has 0 aliphatic carbocycles. The van der Waals surface area contributed by atoms with Gasteiger partial charge >= 0.3 is 0 Å². The standard InChI is InChI=1S/C9H20N2O/c1-9(2,3)8-7(12-5)6-11(4)10-8/h7-8,10H,6H2,1-5H3. The summed E-state index contributed by atoms with van der Waals surface area (Å²) in [5, 5.41) is 2.10. The average Bonchev–Trinajstić information content (AvgIpc) is 2.29. The van der Waals surface area contributed by atoms with Crippen LogP contribution in [-0.2, 0) is 4.74 Å². The summed E-state index contributed by atoms with van der Waals surface area (Å²) < 4.78 is 5.42. The lowest BCUT2D eigenvalue weighted by Gasteiger charge is -2.30. The Morgan fingerprint density at radius 3 is 2.33 bits per heavy atom. The first-order chi connectivity index (χ1) is 5.45. The van der Waals surface area contributed by atoms with Crippen molar-refractivity contribution in [3.8, 4) is 0 Å². The van der Waals surface area contributed by atoms with E-state index in [0.717, 1.165) is 6.54 Å². The average molecular weight is 172 g/mol. The van der Waals surface area contributed by atoms with Crippen LogP contribution in [0.1, 0.15) is 20.8 Å². The van der Waals surface area contributed by atoms with Crippen LogP contribution in [0.5, 0.6) is 0 Å². The van der Waals surface area contributed by atoms with E-state index in [1.165, 1.54) is 0 Å². The highest BCUT2D eigenvalue weighted by Gasteiger charge is 2.38. The Morgan fingerprint density at radius 1 is 1.42 bits per heavy atom. The SMILES string of the molecule is COC1CN(C)NC1C(C)(C)C. The predicted molar refractivity (Wildman–Crippen MR) is 49.8 cm³/mol. The van der Waals surface area contributed by atoms with Crippen molar-refractivity contribution in [1.82, 2.24) is 10.4 Å². The van der Waals surface area contributed by atoms with E-state index in [2.05, 4.69) is 38.3 Å². The zero-order valence-corrected chi connectivity index (χ0v) is 8.72. The molecule has 1 fully saturated rings. The molecule has 3 heteroatoms. The molecule has 3 nitrogen and oxygen atoms in total. The van der Waals surface area contributed by atoms with Crippen molar-refractivity contribution in [2.45, 2.75) is 32.9 Å². The summed E-state index contributed by atoms with van der Waals surface area (Å²) >= 11 is 0. The van der Waals surface area contributed by atoms with Crippen molar-refractivity contribution < 1.29 is 4.74 Å². The first kappa shape index (κ1) is 9.96. The van der Waals surface area contributed by atoms with E-state index in [-0.39, 0.29) is 5.41 Å². The van der Waals surface area contributed by atoms with Crippen molar-refractivity contribution in [2.75, 3.05) is 20.7 Å². The lowest BCUT2D eigenvalue weighted by Crippen LogP contribution is -2.44. The molecule has 1 rings (SSSR count). The quantitative estimate of drug-likeness (QED) is 0.635. The van der Waals surface area contributed by atoms with E-state index in [1.807, 2.05) is 0 Å². The predicted octanol–water partition coefficient (Wildman–Crippen LogP) is 0.866. The number of nitrogens with zero attached hydrogens (tertiary/aromatic N) is 1. The summed E-state index contributed by atoms with van der Waals surface area (Å²) in [5.74, 6) is 0. The van der Waals surface area contributed by atoms with Crippen molar-refractivity contribution in [1.29, 1.82) is 0 Å². The molecule has 72 valence electrons. The molecular weight excluding hydrogens is 152 g/mol. The second-order valence-electron chi connectivity index (χ2n) is 4.63. The normalized spacial score (nSPS) is 32.8. The molecule has 1 heterocycles. The highest BCUT2D eigenvalue weighted by atomic mass is 16.5. The third kappa shape index (κ3) is 1.97. The van der Waals surface area contributed by atoms with E-state index in [9.17, 15) is 0 Å². The number of likely N-dealkylation sites (N-methyl/N-ethyl adjacent to an activating group) is 1. The number of nitrogens with one attached hydrogen (secondary N) is 1. The molecule has 0 bridgehead atoms. The summed E-state index contributed by atoms with van der Waals surface area (Å²) in [6.07, 6.45) is 0.315. The van der Waals surface area contributed by atoms with Crippen LogP contribution in [0.25, 0.3) is 0 Å². The lowest BCUT2D eigenvalue weighted by molar-refractivity contribution is 0.0638. The largest absolute Gasteiger partial charge is 0.378 e. The Hall–Kier alpha value is -0.120. The molecule has 1 aliphatic rings. The highest BCUT2D eigenvalue weighted by Crippen LogP contribution is 2.26. The summed E-state index contributed by atoms with van der Waals surface area (Å²) in [6.45, 7) is 7.67. The molecule has 0 aromatic rings. The lowest BCUT2D eigenvalue weighted by atomic mass is 9.84. The molecule has 0 aromatic carbocycles. The molecule has 2 atom stereocenters. The molecule has 0 aromatic heterocycles. The number of hydrogen-bond donors (Lipinski definition) is 1. The fourth-order valence-electron chi connectivity index (χ4n) is 1.71. The van der Waals surface area contributed by atoms with E-state index in [1.54, 1.807) is 7.11 Å². The van der Waals surface area contributed by atoms with Crippen molar-refractivity contribution >= 4 is 0 Å². The second kappa shape index (κ2) is 3.32. The van der Waals surface area contributed by atoms with Gasteiger partial charge in [-0.25, -0.2) is 10.4 Å². The topological polar surface area (TPSA) is 24.5 Å². The smallest absolute Gasteiger partial charge is 0.0883 e. The van der Waals surface area contributed by atoms with E-state index < -0.39 is 0 Å². The second-order valence-corrected chi connectivity index (χ2v) is 4.63. The summed E-state index contributed by atoms with van der Waals surface area (Å²) in [6, 6.07) is 0.424. The Kier molecular flexibility index (Phi) is 2.76. The Morgan fingerprint density at radius 2 is 2.00 bits per heavy atom. The van der Waals surface area contributed by atoms with Crippen LogP contribution in [0, 0.1) is 5.41 Å². The van der Waals surface area contributed by atoms with E-state index in [4.69, 9.17) is 4.74 Å². The molecule has 1 aliphatic heterocycles. The van der Waals surface area contributed by atoms with Gasteiger partial charge in [0.1, 0.15) is 0 Å². The van der Waals surface area contributed by atoms with Crippen LogP contribution in [-0.4, -0.2) is 37.9 Å². The van der Waals surface area contributed by atoms with Gasteiger partial charge in [0.15, 0.2) is 0 Å². The van der Waals surface area contributed by atoms with Gasteiger partial charge in [-0.05, 0) is 5.41 Å². The maximum atomic E-state index is 5.42. The zero-order chi connectivity index (χ0) is 9.35. The molecular formula is C9H20N2O. The molecule has 12 heavy (non-hydrogen) atoms. The van der Waals surface area contributed by atoms with Gasteiger partial charge in [-0.2, -0.15) is 0 Å². The van der Waals surface area contributed by atoms with Crippen molar-refractivity contribution in [3.05, 3.63) is 0 Å².